The van der Waals surface area contributed by atoms with Gasteiger partial charge in [0.1, 0.15) is 11.5 Å². The van der Waals surface area contributed by atoms with Crippen LogP contribution >= 0.6 is 0 Å². The van der Waals surface area contributed by atoms with E-state index >= 15 is 0 Å². The van der Waals surface area contributed by atoms with Crippen molar-refractivity contribution >= 4 is 5.91 Å². The van der Waals surface area contributed by atoms with Crippen molar-refractivity contribution in [2.45, 2.75) is 52.2 Å². The highest BCUT2D eigenvalue weighted by Crippen LogP contribution is 2.27. The standard InChI is InChI=1S/C16H26N2O3/c1-4-8-20-14-7-6-12(9-13(17)5-2)15(10-14)21-11(3)16(18)19/h6-7,10-11,13H,4-5,8-9,17H2,1-3H3,(H2,18,19). The minimum Gasteiger partial charge on any atom is -0.493 e. The van der Waals surface area contributed by atoms with Gasteiger partial charge in [-0.3, -0.25) is 4.79 Å². The van der Waals surface area contributed by atoms with E-state index in [9.17, 15) is 4.79 Å². The van der Waals surface area contributed by atoms with Crippen molar-refractivity contribution in [1.29, 1.82) is 0 Å². The lowest BCUT2D eigenvalue weighted by Crippen LogP contribution is -2.31. The van der Waals surface area contributed by atoms with Crippen molar-refractivity contribution in [1.82, 2.24) is 0 Å². The first-order valence-corrected chi connectivity index (χ1v) is 7.45. The van der Waals surface area contributed by atoms with E-state index in [1.165, 1.54) is 0 Å². The highest BCUT2D eigenvalue weighted by molar-refractivity contribution is 5.78. The number of hydrogen-bond donors (Lipinski definition) is 2. The smallest absolute Gasteiger partial charge is 0.258 e. The van der Waals surface area contributed by atoms with Gasteiger partial charge in [-0.15, -0.1) is 0 Å². The normalized spacial score (nSPS) is 13.5. The molecule has 0 saturated heterocycles. The van der Waals surface area contributed by atoms with Crippen LogP contribution < -0.4 is 20.9 Å². The van der Waals surface area contributed by atoms with Gasteiger partial charge < -0.3 is 20.9 Å². The zero-order valence-electron chi connectivity index (χ0n) is 13.1. The Morgan fingerprint density at radius 3 is 2.62 bits per heavy atom. The Hall–Kier alpha value is -1.75. The molecule has 21 heavy (non-hydrogen) atoms. The molecule has 2 unspecified atom stereocenters. The maximum Gasteiger partial charge on any atom is 0.258 e. The van der Waals surface area contributed by atoms with Crippen molar-refractivity contribution in [3.05, 3.63) is 23.8 Å². The number of rotatable bonds is 9. The first kappa shape index (κ1) is 17.3. The molecule has 0 aromatic heterocycles. The lowest BCUT2D eigenvalue weighted by molar-refractivity contribution is -0.124. The molecular weight excluding hydrogens is 268 g/mol. The zero-order chi connectivity index (χ0) is 15.8. The van der Waals surface area contributed by atoms with Gasteiger partial charge in [0.05, 0.1) is 6.61 Å². The molecule has 0 spiro atoms. The van der Waals surface area contributed by atoms with Crippen LogP contribution in [-0.4, -0.2) is 24.7 Å². The molecule has 1 aromatic carbocycles. The fourth-order valence-electron chi connectivity index (χ4n) is 1.80. The Balaban J connectivity index is 2.96. The highest BCUT2D eigenvalue weighted by atomic mass is 16.5. The second-order valence-corrected chi connectivity index (χ2v) is 5.15. The molecule has 5 nitrogen and oxygen atoms in total. The van der Waals surface area contributed by atoms with Crippen molar-refractivity contribution in [3.63, 3.8) is 0 Å². The van der Waals surface area contributed by atoms with Crippen LogP contribution in [0.3, 0.4) is 0 Å². The average Bonchev–Trinajstić information content (AvgIpc) is 2.46. The van der Waals surface area contributed by atoms with E-state index in [0.29, 0.717) is 18.8 Å². The average molecular weight is 294 g/mol. The molecule has 2 atom stereocenters. The van der Waals surface area contributed by atoms with Crippen LogP contribution in [0.15, 0.2) is 18.2 Å². The highest BCUT2D eigenvalue weighted by Gasteiger charge is 2.15. The van der Waals surface area contributed by atoms with Crippen LogP contribution in [-0.2, 0) is 11.2 Å². The maximum atomic E-state index is 11.2. The number of primary amides is 1. The molecule has 118 valence electrons. The van der Waals surface area contributed by atoms with Gasteiger partial charge in [-0.05, 0) is 37.8 Å². The summed E-state index contributed by atoms with van der Waals surface area (Å²) in [4.78, 5) is 11.2. The van der Waals surface area contributed by atoms with Gasteiger partial charge in [0.25, 0.3) is 5.91 Å². The predicted molar refractivity (Wildman–Crippen MR) is 83.5 cm³/mol. The van der Waals surface area contributed by atoms with Crippen molar-refractivity contribution in [2.24, 2.45) is 11.5 Å². The van der Waals surface area contributed by atoms with Gasteiger partial charge in [-0.1, -0.05) is 19.9 Å². The second-order valence-electron chi connectivity index (χ2n) is 5.15. The third kappa shape index (κ3) is 5.63. The Morgan fingerprint density at radius 2 is 2.05 bits per heavy atom. The number of carbonyl (C=O) groups excluding carboxylic acids is 1. The largest absolute Gasteiger partial charge is 0.493 e. The third-order valence-electron chi connectivity index (χ3n) is 3.22. The predicted octanol–water partition coefficient (Wildman–Crippen LogP) is 2.01. The van der Waals surface area contributed by atoms with Gasteiger partial charge in [0.15, 0.2) is 6.10 Å². The lowest BCUT2D eigenvalue weighted by Gasteiger charge is -2.18. The molecule has 0 saturated carbocycles. The number of carbonyl (C=O) groups is 1. The summed E-state index contributed by atoms with van der Waals surface area (Å²) in [5.74, 6) is 0.830. The van der Waals surface area contributed by atoms with Crippen molar-refractivity contribution in [3.8, 4) is 11.5 Å². The number of benzene rings is 1. The molecule has 0 bridgehead atoms. The molecule has 0 fully saturated rings. The SMILES string of the molecule is CCCOc1ccc(CC(N)CC)c(OC(C)C(N)=O)c1. The molecule has 0 aliphatic heterocycles. The lowest BCUT2D eigenvalue weighted by atomic mass is 10.0. The van der Waals surface area contributed by atoms with Crippen LogP contribution in [0.25, 0.3) is 0 Å². The molecular formula is C16H26N2O3. The maximum absolute atomic E-state index is 11.2. The van der Waals surface area contributed by atoms with Crippen molar-refractivity contribution in [2.75, 3.05) is 6.61 Å². The van der Waals surface area contributed by atoms with E-state index in [1.54, 1.807) is 13.0 Å². The van der Waals surface area contributed by atoms with Crippen molar-refractivity contribution < 1.29 is 14.3 Å². The quantitative estimate of drug-likeness (QED) is 0.729. The first-order chi connectivity index (χ1) is 9.97. The topological polar surface area (TPSA) is 87.6 Å². The van der Waals surface area contributed by atoms with Crippen LogP contribution in [0, 0.1) is 0 Å². The summed E-state index contributed by atoms with van der Waals surface area (Å²) >= 11 is 0. The van der Waals surface area contributed by atoms with E-state index in [2.05, 4.69) is 0 Å². The van der Waals surface area contributed by atoms with Gasteiger partial charge in [0.2, 0.25) is 0 Å². The molecule has 0 aliphatic carbocycles. The fourth-order valence-corrected chi connectivity index (χ4v) is 1.80. The minimum absolute atomic E-state index is 0.0543. The molecule has 1 rings (SSSR count). The summed E-state index contributed by atoms with van der Waals surface area (Å²) < 4.78 is 11.3. The van der Waals surface area contributed by atoms with E-state index in [4.69, 9.17) is 20.9 Å². The van der Waals surface area contributed by atoms with Crippen LogP contribution in [0.2, 0.25) is 0 Å². The number of nitrogens with two attached hydrogens (primary N) is 2. The Morgan fingerprint density at radius 1 is 1.33 bits per heavy atom. The van der Waals surface area contributed by atoms with Crippen LogP contribution in [0.5, 0.6) is 11.5 Å². The zero-order valence-corrected chi connectivity index (χ0v) is 13.1. The van der Waals surface area contributed by atoms with Crippen LogP contribution in [0.4, 0.5) is 0 Å². The summed E-state index contributed by atoms with van der Waals surface area (Å²) in [6.07, 6.45) is 1.80. The summed E-state index contributed by atoms with van der Waals surface area (Å²) in [6.45, 7) is 6.35. The third-order valence-corrected chi connectivity index (χ3v) is 3.22. The summed E-state index contributed by atoms with van der Waals surface area (Å²) in [6, 6.07) is 5.68. The Labute approximate surface area is 126 Å². The molecule has 4 N–H and O–H groups in total. The van der Waals surface area contributed by atoms with E-state index in [1.807, 2.05) is 26.0 Å². The van der Waals surface area contributed by atoms with E-state index in [-0.39, 0.29) is 6.04 Å². The fraction of sp³-hybridized carbons (Fsp3) is 0.562. The Kier molecular flexibility index (Phi) is 7.02. The Bertz CT molecular complexity index is 463. The monoisotopic (exact) mass is 294 g/mol. The van der Waals surface area contributed by atoms with Gasteiger partial charge in [0, 0.05) is 12.1 Å². The number of amides is 1. The summed E-state index contributed by atoms with van der Waals surface area (Å²) in [5, 5.41) is 0. The molecule has 5 heteroatoms. The summed E-state index contributed by atoms with van der Waals surface area (Å²) in [5.41, 5.74) is 12.2. The molecule has 1 aromatic rings. The van der Waals surface area contributed by atoms with Gasteiger partial charge in [-0.25, -0.2) is 0 Å². The minimum atomic E-state index is -0.692. The molecule has 0 aliphatic rings. The van der Waals surface area contributed by atoms with Gasteiger partial charge >= 0.3 is 0 Å². The van der Waals surface area contributed by atoms with Gasteiger partial charge in [-0.2, -0.15) is 0 Å². The van der Waals surface area contributed by atoms with E-state index < -0.39 is 12.0 Å². The number of ether oxygens (including phenoxy) is 2. The van der Waals surface area contributed by atoms with E-state index in [0.717, 1.165) is 24.2 Å². The molecule has 0 radical (unpaired) electrons. The first-order valence-electron chi connectivity index (χ1n) is 7.45. The molecule has 0 heterocycles. The number of hydrogen-bond acceptors (Lipinski definition) is 4. The summed E-state index contributed by atoms with van der Waals surface area (Å²) in [7, 11) is 0. The van der Waals surface area contributed by atoms with Crippen LogP contribution in [0.1, 0.15) is 39.2 Å². The molecule has 1 amide bonds. The second kappa shape index (κ2) is 8.52.